The van der Waals surface area contributed by atoms with Gasteiger partial charge < -0.3 is 5.73 Å². The van der Waals surface area contributed by atoms with Crippen molar-refractivity contribution in [2.45, 2.75) is 6.42 Å². The van der Waals surface area contributed by atoms with Gasteiger partial charge in [0.1, 0.15) is 10.0 Å². The Labute approximate surface area is 111 Å². The van der Waals surface area contributed by atoms with Gasteiger partial charge in [-0.15, -0.1) is 10.2 Å². The molecule has 3 nitrogen and oxygen atoms in total. The molecule has 1 heterocycles. The third-order valence-corrected chi connectivity index (χ3v) is 3.82. The highest BCUT2D eigenvalue weighted by molar-refractivity contribution is 9.10. The van der Waals surface area contributed by atoms with E-state index in [9.17, 15) is 0 Å². The summed E-state index contributed by atoms with van der Waals surface area (Å²) in [5, 5.41) is 10.6. The number of aromatic nitrogens is 2. The van der Waals surface area contributed by atoms with E-state index >= 15 is 0 Å². The number of nitrogens with two attached hydrogens (primary N) is 1. The lowest BCUT2D eigenvalue weighted by Crippen LogP contribution is -2.01. The highest BCUT2D eigenvalue weighted by Gasteiger charge is 2.10. The zero-order valence-corrected chi connectivity index (χ0v) is 11.4. The van der Waals surface area contributed by atoms with Crippen LogP contribution in [0.15, 0.2) is 22.7 Å². The molecule has 0 bridgehead atoms. The van der Waals surface area contributed by atoms with Crippen molar-refractivity contribution in [2.75, 3.05) is 6.54 Å². The Morgan fingerprint density at radius 3 is 2.94 bits per heavy atom. The van der Waals surface area contributed by atoms with Crippen LogP contribution in [0.25, 0.3) is 10.6 Å². The SMILES string of the molecule is NCCc1nnc(-c2cc(Br)ccc2Cl)s1. The van der Waals surface area contributed by atoms with Crippen molar-refractivity contribution in [3.8, 4) is 10.6 Å². The van der Waals surface area contributed by atoms with Crippen molar-refractivity contribution in [3.05, 3.63) is 32.7 Å². The molecule has 0 amide bonds. The van der Waals surface area contributed by atoms with Crippen LogP contribution in [0.1, 0.15) is 5.01 Å². The predicted octanol–water partition coefficient (Wildman–Crippen LogP) is 3.12. The van der Waals surface area contributed by atoms with Gasteiger partial charge in [0.25, 0.3) is 0 Å². The van der Waals surface area contributed by atoms with Gasteiger partial charge >= 0.3 is 0 Å². The van der Waals surface area contributed by atoms with Crippen molar-refractivity contribution in [2.24, 2.45) is 5.73 Å². The first kappa shape index (κ1) is 12.0. The molecule has 0 fully saturated rings. The Morgan fingerprint density at radius 1 is 1.38 bits per heavy atom. The molecule has 6 heteroatoms. The molecule has 0 atom stereocenters. The largest absolute Gasteiger partial charge is 0.330 e. The molecular weight excluding hydrogens is 310 g/mol. The molecule has 1 aromatic carbocycles. The van der Waals surface area contributed by atoms with Crippen LogP contribution >= 0.6 is 38.9 Å². The van der Waals surface area contributed by atoms with Gasteiger partial charge in [0.2, 0.25) is 0 Å². The van der Waals surface area contributed by atoms with Crippen LogP contribution in [0.2, 0.25) is 5.02 Å². The Balaban J connectivity index is 2.38. The highest BCUT2D eigenvalue weighted by atomic mass is 79.9. The van der Waals surface area contributed by atoms with Crippen LogP contribution < -0.4 is 5.73 Å². The molecule has 0 aliphatic carbocycles. The van der Waals surface area contributed by atoms with Gasteiger partial charge in [0, 0.05) is 16.5 Å². The van der Waals surface area contributed by atoms with Gasteiger partial charge in [-0.05, 0) is 24.7 Å². The highest BCUT2D eigenvalue weighted by Crippen LogP contribution is 2.32. The first-order chi connectivity index (χ1) is 7.70. The van der Waals surface area contributed by atoms with E-state index in [0.29, 0.717) is 11.6 Å². The van der Waals surface area contributed by atoms with Gasteiger partial charge in [0.05, 0.1) is 5.02 Å². The summed E-state index contributed by atoms with van der Waals surface area (Å²) in [6, 6.07) is 5.67. The van der Waals surface area contributed by atoms with E-state index in [4.69, 9.17) is 17.3 Å². The quantitative estimate of drug-likeness (QED) is 0.946. The van der Waals surface area contributed by atoms with Crippen LogP contribution in [-0.2, 0) is 6.42 Å². The summed E-state index contributed by atoms with van der Waals surface area (Å²) in [7, 11) is 0. The smallest absolute Gasteiger partial charge is 0.149 e. The number of hydrogen-bond donors (Lipinski definition) is 1. The van der Waals surface area contributed by atoms with Crippen molar-refractivity contribution in [3.63, 3.8) is 0 Å². The first-order valence-electron chi connectivity index (χ1n) is 4.68. The normalized spacial score (nSPS) is 10.7. The molecule has 0 unspecified atom stereocenters. The minimum Gasteiger partial charge on any atom is -0.330 e. The summed E-state index contributed by atoms with van der Waals surface area (Å²) in [5.74, 6) is 0. The lowest BCUT2D eigenvalue weighted by atomic mass is 10.2. The maximum Gasteiger partial charge on any atom is 0.149 e. The van der Waals surface area contributed by atoms with Gasteiger partial charge in [-0.3, -0.25) is 0 Å². The van der Waals surface area contributed by atoms with E-state index in [2.05, 4.69) is 26.1 Å². The fourth-order valence-corrected chi connectivity index (χ4v) is 2.76. The van der Waals surface area contributed by atoms with E-state index in [0.717, 1.165) is 26.5 Å². The molecule has 0 spiro atoms. The number of nitrogens with zero attached hydrogens (tertiary/aromatic N) is 2. The molecule has 0 saturated carbocycles. The number of halogens is 2. The monoisotopic (exact) mass is 317 g/mol. The van der Waals surface area contributed by atoms with E-state index in [1.807, 2.05) is 18.2 Å². The number of rotatable bonds is 3. The molecule has 1 aromatic heterocycles. The van der Waals surface area contributed by atoms with Crippen LogP contribution in [0, 0.1) is 0 Å². The molecule has 16 heavy (non-hydrogen) atoms. The summed E-state index contributed by atoms with van der Waals surface area (Å²) in [5.41, 5.74) is 6.37. The van der Waals surface area contributed by atoms with Gasteiger partial charge in [-0.25, -0.2) is 0 Å². The van der Waals surface area contributed by atoms with Crippen molar-refractivity contribution in [1.82, 2.24) is 10.2 Å². The summed E-state index contributed by atoms with van der Waals surface area (Å²) in [6.45, 7) is 0.584. The standard InChI is InChI=1S/C10H9BrClN3S/c11-6-1-2-8(12)7(5-6)10-15-14-9(16-10)3-4-13/h1-2,5H,3-4,13H2. The second-order valence-corrected chi connectivity index (χ2v) is 5.55. The van der Waals surface area contributed by atoms with E-state index in [-0.39, 0.29) is 0 Å². The van der Waals surface area contributed by atoms with Crippen molar-refractivity contribution in [1.29, 1.82) is 0 Å². The summed E-state index contributed by atoms with van der Waals surface area (Å²) in [4.78, 5) is 0. The van der Waals surface area contributed by atoms with Crippen molar-refractivity contribution >= 4 is 38.9 Å². The maximum atomic E-state index is 6.11. The molecule has 0 saturated heterocycles. The minimum absolute atomic E-state index is 0.584. The third-order valence-electron chi connectivity index (χ3n) is 1.98. The van der Waals surface area contributed by atoms with Crippen LogP contribution in [0.3, 0.4) is 0 Å². The van der Waals surface area contributed by atoms with Crippen molar-refractivity contribution < 1.29 is 0 Å². The van der Waals surface area contributed by atoms with Gasteiger partial charge in [0.15, 0.2) is 0 Å². The zero-order chi connectivity index (χ0) is 11.5. The summed E-state index contributed by atoms with van der Waals surface area (Å²) < 4.78 is 0.975. The lowest BCUT2D eigenvalue weighted by molar-refractivity contribution is 0.913. The molecule has 84 valence electrons. The van der Waals surface area contributed by atoms with E-state index in [1.165, 1.54) is 11.3 Å². The summed E-state index contributed by atoms with van der Waals surface area (Å²) >= 11 is 11.0. The second-order valence-electron chi connectivity index (χ2n) is 3.16. The van der Waals surface area contributed by atoms with E-state index in [1.54, 1.807) is 0 Å². The Hall–Kier alpha value is -0.490. The zero-order valence-electron chi connectivity index (χ0n) is 8.28. The molecule has 2 N–H and O–H groups in total. The van der Waals surface area contributed by atoms with Crippen LogP contribution in [0.5, 0.6) is 0 Å². The average Bonchev–Trinajstić information content (AvgIpc) is 2.71. The Morgan fingerprint density at radius 2 is 2.19 bits per heavy atom. The van der Waals surface area contributed by atoms with E-state index < -0.39 is 0 Å². The molecule has 2 aromatic rings. The lowest BCUT2D eigenvalue weighted by Gasteiger charge is -1.99. The maximum absolute atomic E-state index is 6.11. The topological polar surface area (TPSA) is 51.8 Å². The molecule has 0 aliphatic heterocycles. The Bertz CT molecular complexity index is 501. The molecule has 0 radical (unpaired) electrons. The fourth-order valence-electron chi connectivity index (χ4n) is 1.25. The first-order valence-corrected chi connectivity index (χ1v) is 6.67. The molecule has 0 aliphatic rings. The van der Waals surface area contributed by atoms with Gasteiger partial charge in [-0.1, -0.05) is 38.9 Å². The fraction of sp³-hybridized carbons (Fsp3) is 0.200. The minimum atomic E-state index is 0.584. The Kier molecular flexibility index (Phi) is 3.91. The van der Waals surface area contributed by atoms with Gasteiger partial charge in [-0.2, -0.15) is 0 Å². The predicted molar refractivity (Wildman–Crippen MR) is 70.8 cm³/mol. The average molecular weight is 319 g/mol. The van der Waals surface area contributed by atoms with Crippen LogP contribution in [-0.4, -0.2) is 16.7 Å². The number of hydrogen-bond acceptors (Lipinski definition) is 4. The number of benzene rings is 1. The molecular formula is C10H9BrClN3S. The second kappa shape index (κ2) is 5.23. The van der Waals surface area contributed by atoms with Crippen LogP contribution in [0.4, 0.5) is 0 Å². The summed E-state index contributed by atoms with van der Waals surface area (Å²) in [6.07, 6.45) is 0.753. The molecule has 2 rings (SSSR count). The third kappa shape index (κ3) is 2.60.